The highest BCUT2D eigenvalue weighted by Gasteiger charge is 2.17. The lowest BCUT2D eigenvalue weighted by Crippen LogP contribution is -2.45. The number of carbonyl (C=O) groups is 1. The second-order valence-electron chi connectivity index (χ2n) is 17.9. The highest BCUT2D eigenvalue weighted by atomic mass is 16.3. The van der Waals surface area contributed by atoms with Crippen molar-refractivity contribution in [1.82, 2.24) is 5.32 Å². The number of hydrogen-bond donors (Lipinski definition) is 3. The van der Waals surface area contributed by atoms with Gasteiger partial charge in [-0.25, -0.2) is 0 Å². The summed E-state index contributed by atoms with van der Waals surface area (Å²) in [6, 6.07) is -0.635. The fourth-order valence-corrected chi connectivity index (χ4v) is 8.20. The molecule has 0 bridgehead atoms. The van der Waals surface area contributed by atoms with Gasteiger partial charge < -0.3 is 15.5 Å². The van der Waals surface area contributed by atoms with E-state index in [4.69, 9.17) is 0 Å². The van der Waals surface area contributed by atoms with Crippen LogP contribution in [0.3, 0.4) is 0 Å². The van der Waals surface area contributed by atoms with E-state index in [9.17, 15) is 15.0 Å². The maximum Gasteiger partial charge on any atom is 0.220 e. The molecular formula is C53H103NO3. The number of unbranched alkanes of at least 4 members (excludes halogenated alkanes) is 39. The summed E-state index contributed by atoms with van der Waals surface area (Å²) < 4.78 is 0. The van der Waals surface area contributed by atoms with Gasteiger partial charge >= 0.3 is 0 Å². The first-order chi connectivity index (χ1) is 28.2. The summed E-state index contributed by atoms with van der Waals surface area (Å²) >= 11 is 0. The third-order valence-electron chi connectivity index (χ3n) is 12.2. The van der Waals surface area contributed by atoms with Crippen molar-refractivity contribution in [3.8, 4) is 0 Å². The van der Waals surface area contributed by atoms with E-state index >= 15 is 0 Å². The summed E-state index contributed by atoms with van der Waals surface area (Å²) in [5.41, 5.74) is 0. The molecule has 4 nitrogen and oxygen atoms in total. The second-order valence-corrected chi connectivity index (χ2v) is 17.9. The van der Waals surface area contributed by atoms with Crippen LogP contribution in [0.1, 0.15) is 290 Å². The minimum absolute atomic E-state index is 0.0678. The summed E-state index contributed by atoms with van der Waals surface area (Å²) in [7, 11) is 0. The predicted molar refractivity (Wildman–Crippen MR) is 253 cm³/mol. The number of amides is 1. The van der Waals surface area contributed by atoms with Gasteiger partial charge in [0, 0.05) is 6.42 Å². The molecule has 0 spiro atoms. The molecule has 57 heavy (non-hydrogen) atoms. The Morgan fingerprint density at radius 2 is 0.684 bits per heavy atom. The van der Waals surface area contributed by atoms with Gasteiger partial charge in [0.05, 0.1) is 18.8 Å². The maximum atomic E-state index is 12.4. The summed E-state index contributed by atoms with van der Waals surface area (Å²) in [5, 5.41) is 23.1. The van der Waals surface area contributed by atoms with Crippen LogP contribution in [0.5, 0.6) is 0 Å². The Morgan fingerprint density at radius 1 is 0.404 bits per heavy atom. The Labute approximate surface area is 358 Å². The van der Waals surface area contributed by atoms with Crippen LogP contribution in [0, 0.1) is 0 Å². The monoisotopic (exact) mass is 802 g/mol. The first kappa shape index (κ1) is 55.9. The average molecular weight is 802 g/mol. The fourth-order valence-electron chi connectivity index (χ4n) is 8.20. The minimum Gasteiger partial charge on any atom is -0.394 e. The molecule has 1 amide bonds. The van der Waals surface area contributed by atoms with E-state index in [1.54, 1.807) is 6.08 Å². The maximum absolute atomic E-state index is 12.4. The van der Waals surface area contributed by atoms with Crippen molar-refractivity contribution in [1.29, 1.82) is 0 Å². The van der Waals surface area contributed by atoms with Gasteiger partial charge in [-0.3, -0.25) is 4.79 Å². The molecule has 0 aliphatic rings. The zero-order valence-electron chi connectivity index (χ0n) is 38.9. The van der Waals surface area contributed by atoms with Crippen molar-refractivity contribution in [3.05, 3.63) is 24.3 Å². The molecule has 0 aromatic rings. The van der Waals surface area contributed by atoms with Crippen LogP contribution in [0.4, 0.5) is 0 Å². The number of aliphatic hydroxyl groups is 2. The van der Waals surface area contributed by atoms with Crippen LogP contribution in [0.2, 0.25) is 0 Å². The molecular weight excluding hydrogens is 699 g/mol. The lowest BCUT2D eigenvalue weighted by molar-refractivity contribution is -0.123. The molecule has 0 saturated carbocycles. The van der Waals surface area contributed by atoms with Crippen molar-refractivity contribution in [2.45, 2.75) is 302 Å². The second kappa shape index (κ2) is 49.2. The molecule has 0 aliphatic heterocycles. The van der Waals surface area contributed by atoms with Crippen molar-refractivity contribution in [2.75, 3.05) is 6.61 Å². The first-order valence-electron chi connectivity index (χ1n) is 26.1. The molecule has 4 heteroatoms. The number of rotatable bonds is 48. The molecule has 0 fully saturated rings. The normalized spacial score (nSPS) is 13.0. The Bertz CT molecular complexity index is 825. The summed E-state index contributed by atoms with van der Waals surface area (Å²) in [4.78, 5) is 12.4. The number of allylic oxidation sites excluding steroid dienone is 3. The number of carbonyl (C=O) groups excluding carboxylic acids is 1. The summed E-state index contributed by atoms with van der Waals surface area (Å²) in [6.07, 6.45) is 64.7. The van der Waals surface area contributed by atoms with Gasteiger partial charge in [-0.2, -0.15) is 0 Å². The predicted octanol–water partition coefficient (Wildman–Crippen LogP) is 16.8. The average Bonchev–Trinajstić information content (AvgIpc) is 3.22. The highest BCUT2D eigenvalue weighted by Crippen LogP contribution is 2.17. The van der Waals surface area contributed by atoms with Crippen LogP contribution in [0.25, 0.3) is 0 Å². The number of aliphatic hydroxyl groups excluding tert-OH is 2. The Kier molecular flexibility index (Phi) is 48.3. The molecule has 0 saturated heterocycles. The molecule has 3 N–H and O–H groups in total. The summed E-state index contributed by atoms with van der Waals surface area (Å²) in [6.45, 7) is 4.33. The molecule has 0 aromatic carbocycles. The van der Waals surface area contributed by atoms with Crippen molar-refractivity contribution in [2.24, 2.45) is 0 Å². The van der Waals surface area contributed by atoms with Gasteiger partial charge in [-0.05, 0) is 32.1 Å². The zero-order chi connectivity index (χ0) is 41.4. The van der Waals surface area contributed by atoms with E-state index in [0.29, 0.717) is 6.42 Å². The third kappa shape index (κ3) is 45.8. The van der Waals surface area contributed by atoms with Gasteiger partial charge in [0.2, 0.25) is 5.91 Å². The zero-order valence-corrected chi connectivity index (χ0v) is 38.9. The van der Waals surface area contributed by atoms with E-state index in [-0.39, 0.29) is 12.5 Å². The standard InChI is InChI=1S/C53H103NO3/c1-3-5-7-9-11-13-15-17-19-21-23-24-25-26-27-28-29-30-31-33-35-37-39-41-43-45-47-49-53(57)54-51(50-55)52(56)48-46-44-42-40-38-36-34-32-22-20-18-16-14-12-10-8-6-4-2/h38,40,46,48,51-52,55-56H,3-37,39,41-45,47,49-50H2,1-2H3,(H,54,57)/b40-38+,48-46+. The third-order valence-corrected chi connectivity index (χ3v) is 12.2. The van der Waals surface area contributed by atoms with Crippen LogP contribution < -0.4 is 5.32 Å². The van der Waals surface area contributed by atoms with Crippen LogP contribution in [-0.2, 0) is 4.79 Å². The van der Waals surface area contributed by atoms with Crippen LogP contribution >= 0.6 is 0 Å². The lowest BCUT2D eigenvalue weighted by atomic mass is 10.0. The molecule has 0 aromatic heterocycles. The number of hydrogen-bond acceptors (Lipinski definition) is 3. The van der Waals surface area contributed by atoms with Crippen LogP contribution in [0.15, 0.2) is 24.3 Å². The molecule has 0 radical (unpaired) electrons. The topological polar surface area (TPSA) is 69.6 Å². The fraction of sp³-hybridized carbons (Fsp3) is 0.906. The van der Waals surface area contributed by atoms with Crippen LogP contribution in [-0.4, -0.2) is 34.9 Å². The smallest absolute Gasteiger partial charge is 0.220 e. The van der Waals surface area contributed by atoms with Crippen molar-refractivity contribution >= 4 is 5.91 Å². The van der Waals surface area contributed by atoms with Gasteiger partial charge in [0.25, 0.3) is 0 Å². The lowest BCUT2D eigenvalue weighted by Gasteiger charge is -2.19. The van der Waals surface area contributed by atoms with E-state index in [1.165, 1.54) is 238 Å². The molecule has 2 atom stereocenters. The number of nitrogens with one attached hydrogen (secondary N) is 1. The summed E-state index contributed by atoms with van der Waals surface area (Å²) in [5.74, 6) is -0.0678. The van der Waals surface area contributed by atoms with E-state index in [1.807, 2.05) is 6.08 Å². The molecule has 2 unspecified atom stereocenters. The van der Waals surface area contributed by atoms with Gasteiger partial charge in [-0.15, -0.1) is 0 Å². The van der Waals surface area contributed by atoms with Gasteiger partial charge in [-0.1, -0.05) is 276 Å². The van der Waals surface area contributed by atoms with E-state index < -0.39 is 12.1 Å². The van der Waals surface area contributed by atoms with Gasteiger partial charge in [0.1, 0.15) is 0 Å². The largest absolute Gasteiger partial charge is 0.394 e. The molecule has 0 rings (SSSR count). The highest BCUT2D eigenvalue weighted by molar-refractivity contribution is 5.76. The van der Waals surface area contributed by atoms with Crippen molar-refractivity contribution < 1.29 is 15.0 Å². The Balaban J connectivity index is 3.48. The quantitative estimate of drug-likeness (QED) is 0.0424. The SMILES string of the molecule is CCCCCCCCCCCCCC/C=C/CC/C=C/C(O)C(CO)NC(=O)CCCCCCCCCCCCCCCCCCCCCCCCCCCCC. The first-order valence-corrected chi connectivity index (χ1v) is 26.1. The van der Waals surface area contributed by atoms with Gasteiger partial charge in [0.15, 0.2) is 0 Å². The molecule has 0 heterocycles. The van der Waals surface area contributed by atoms with E-state index in [2.05, 4.69) is 31.3 Å². The Hall–Kier alpha value is -1.13. The Morgan fingerprint density at radius 3 is 1.02 bits per heavy atom. The van der Waals surface area contributed by atoms with E-state index in [0.717, 1.165) is 32.1 Å². The molecule has 338 valence electrons. The minimum atomic E-state index is -0.859. The van der Waals surface area contributed by atoms with Crippen molar-refractivity contribution in [3.63, 3.8) is 0 Å². The molecule has 0 aliphatic carbocycles.